The summed E-state index contributed by atoms with van der Waals surface area (Å²) in [6, 6.07) is 3.63. The maximum atomic E-state index is 13.2. The summed E-state index contributed by atoms with van der Waals surface area (Å²) in [6.45, 7) is 8.87. The number of amides is 2. The number of carbonyl (C=O) groups is 2. The Morgan fingerprint density at radius 1 is 1.19 bits per heavy atom. The number of benzene rings is 1. The third kappa shape index (κ3) is 6.57. The lowest BCUT2D eigenvalue weighted by Crippen LogP contribution is -3.16. The van der Waals surface area contributed by atoms with E-state index in [2.05, 4.69) is 5.32 Å². The van der Waals surface area contributed by atoms with Crippen molar-refractivity contribution >= 4 is 23.6 Å². The van der Waals surface area contributed by atoms with Gasteiger partial charge in [0.05, 0.1) is 31.9 Å². The predicted octanol–water partition coefficient (Wildman–Crippen LogP) is 0.699. The lowest BCUT2D eigenvalue weighted by atomic mass is 10.1. The maximum Gasteiger partial charge on any atom is 0.275 e. The van der Waals surface area contributed by atoms with Crippen LogP contribution in [0.15, 0.2) is 23.1 Å². The van der Waals surface area contributed by atoms with Gasteiger partial charge in [0.1, 0.15) is 0 Å². The lowest BCUT2D eigenvalue weighted by Gasteiger charge is -2.32. The maximum absolute atomic E-state index is 13.2. The van der Waals surface area contributed by atoms with Gasteiger partial charge in [-0.15, -0.1) is 11.8 Å². The van der Waals surface area contributed by atoms with Crippen molar-refractivity contribution in [2.45, 2.75) is 31.2 Å². The standard InChI is InChI=1S/C18H25F2N3O2S/c1-18(2,3)21-16(24)11-22-6-8-23(9-7-22)17(25)12-26-13-4-5-14(19)15(20)10-13/h4-5,10H,6-9,11-12H2,1-3H3,(H,21,24)/p+1. The van der Waals surface area contributed by atoms with Crippen LogP contribution in [0.3, 0.4) is 0 Å². The fourth-order valence-electron chi connectivity index (χ4n) is 2.74. The highest BCUT2D eigenvalue weighted by Gasteiger charge is 2.26. The topological polar surface area (TPSA) is 53.9 Å². The Bertz CT molecular complexity index is 656. The predicted molar refractivity (Wildman–Crippen MR) is 97.1 cm³/mol. The van der Waals surface area contributed by atoms with Crippen LogP contribution >= 0.6 is 11.8 Å². The zero-order chi connectivity index (χ0) is 19.3. The Morgan fingerprint density at radius 3 is 2.42 bits per heavy atom. The number of nitrogens with zero attached hydrogens (tertiary/aromatic N) is 1. The monoisotopic (exact) mass is 386 g/mol. The van der Waals surface area contributed by atoms with Crippen LogP contribution in [-0.4, -0.2) is 60.7 Å². The number of piperazine rings is 1. The summed E-state index contributed by atoms with van der Waals surface area (Å²) in [7, 11) is 0. The van der Waals surface area contributed by atoms with Crippen LogP contribution in [0.2, 0.25) is 0 Å². The fourth-order valence-corrected chi connectivity index (χ4v) is 3.57. The SMILES string of the molecule is CC(C)(C)NC(=O)C[NH+]1CCN(C(=O)CSc2ccc(F)c(F)c2)CC1. The van der Waals surface area contributed by atoms with Crippen LogP contribution in [0, 0.1) is 11.6 Å². The third-order valence-electron chi connectivity index (χ3n) is 4.00. The molecule has 1 aliphatic rings. The Kier molecular flexibility index (Phi) is 7.00. The number of hydrogen-bond acceptors (Lipinski definition) is 3. The highest BCUT2D eigenvalue weighted by atomic mass is 32.2. The van der Waals surface area contributed by atoms with Gasteiger partial charge in [0.2, 0.25) is 5.91 Å². The lowest BCUT2D eigenvalue weighted by molar-refractivity contribution is -0.896. The van der Waals surface area contributed by atoms with Crippen LogP contribution in [0.5, 0.6) is 0 Å². The molecular formula is C18H26F2N3O2S+. The van der Waals surface area contributed by atoms with Gasteiger partial charge in [-0.05, 0) is 39.0 Å². The fraction of sp³-hybridized carbons (Fsp3) is 0.556. The van der Waals surface area contributed by atoms with Crippen LogP contribution in [0.25, 0.3) is 0 Å². The van der Waals surface area contributed by atoms with Crippen LogP contribution in [0.1, 0.15) is 20.8 Å². The molecule has 0 radical (unpaired) electrons. The van der Waals surface area contributed by atoms with E-state index < -0.39 is 11.6 Å². The normalized spacial score (nSPS) is 15.8. The van der Waals surface area contributed by atoms with E-state index in [1.165, 1.54) is 17.8 Å². The molecule has 0 unspecified atom stereocenters. The van der Waals surface area contributed by atoms with Gasteiger partial charge < -0.3 is 15.1 Å². The van der Waals surface area contributed by atoms with E-state index in [0.29, 0.717) is 24.5 Å². The summed E-state index contributed by atoms with van der Waals surface area (Å²) in [4.78, 5) is 27.7. The average molecular weight is 386 g/mol. The number of rotatable bonds is 5. The van der Waals surface area contributed by atoms with Crippen molar-refractivity contribution in [3.8, 4) is 0 Å². The Morgan fingerprint density at radius 2 is 1.85 bits per heavy atom. The summed E-state index contributed by atoms with van der Waals surface area (Å²) in [5.74, 6) is -1.63. The van der Waals surface area contributed by atoms with Gasteiger partial charge in [-0.2, -0.15) is 0 Å². The first kappa shape index (κ1) is 20.6. The molecule has 1 aromatic carbocycles. The van der Waals surface area contributed by atoms with Crippen molar-refractivity contribution in [2.24, 2.45) is 0 Å². The van der Waals surface area contributed by atoms with Gasteiger partial charge in [-0.1, -0.05) is 0 Å². The molecule has 0 spiro atoms. The van der Waals surface area contributed by atoms with Crippen molar-refractivity contribution in [1.82, 2.24) is 10.2 Å². The van der Waals surface area contributed by atoms with Crippen LogP contribution < -0.4 is 10.2 Å². The Labute approximate surface area is 157 Å². The quantitative estimate of drug-likeness (QED) is 0.733. The molecule has 0 saturated carbocycles. The summed E-state index contributed by atoms with van der Waals surface area (Å²) < 4.78 is 26.1. The molecule has 144 valence electrons. The molecule has 1 saturated heterocycles. The van der Waals surface area contributed by atoms with Crippen molar-refractivity contribution < 1.29 is 23.3 Å². The van der Waals surface area contributed by atoms with Gasteiger partial charge in [-0.3, -0.25) is 9.59 Å². The Hall–Kier alpha value is -1.67. The first-order valence-corrected chi connectivity index (χ1v) is 9.63. The van der Waals surface area contributed by atoms with Gasteiger partial charge in [-0.25, -0.2) is 8.78 Å². The van der Waals surface area contributed by atoms with Crippen LogP contribution in [-0.2, 0) is 9.59 Å². The van der Waals surface area contributed by atoms with E-state index in [0.717, 1.165) is 30.1 Å². The minimum Gasteiger partial charge on any atom is -0.347 e. The van der Waals surface area contributed by atoms with E-state index in [1.807, 2.05) is 20.8 Å². The van der Waals surface area contributed by atoms with Crippen molar-refractivity contribution in [1.29, 1.82) is 0 Å². The molecule has 1 heterocycles. The largest absolute Gasteiger partial charge is 0.347 e. The van der Waals surface area contributed by atoms with E-state index in [9.17, 15) is 18.4 Å². The number of nitrogens with one attached hydrogen (secondary N) is 2. The first-order valence-electron chi connectivity index (χ1n) is 8.64. The summed E-state index contributed by atoms with van der Waals surface area (Å²) in [5.41, 5.74) is -0.245. The van der Waals surface area contributed by atoms with Gasteiger partial charge in [0.25, 0.3) is 5.91 Å². The van der Waals surface area contributed by atoms with Crippen LogP contribution in [0.4, 0.5) is 8.78 Å². The van der Waals surface area contributed by atoms with Gasteiger partial charge in [0.15, 0.2) is 18.2 Å². The minimum absolute atomic E-state index is 0.0150. The van der Waals surface area contributed by atoms with E-state index in [1.54, 1.807) is 4.90 Å². The van der Waals surface area contributed by atoms with Crippen molar-refractivity contribution in [3.05, 3.63) is 29.8 Å². The number of quaternary nitrogens is 1. The summed E-state index contributed by atoms with van der Waals surface area (Å²) >= 11 is 1.19. The molecule has 8 heteroatoms. The molecule has 5 nitrogen and oxygen atoms in total. The summed E-state index contributed by atoms with van der Waals surface area (Å²) in [5, 5.41) is 2.95. The molecule has 0 aliphatic carbocycles. The van der Waals surface area contributed by atoms with Crippen molar-refractivity contribution in [2.75, 3.05) is 38.5 Å². The number of halogens is 2. The van der Waals surface area contributed by atoms with Crippen molar-refractivity contribution in [3.63, 3.8) is 0 Å². The number of carbonyl (C=O) groups excluding carboxylic acids is 2. The molecular weight excluding hydrogens is 360 g/mol. The second kappa shape index (κ2) is 8.81. The molecule has 26 heavy (non-hydrogen) atoms. The van der Waals surface area contributed by atoms with E-state index >= 15 is 0 Å². The summed E-state index contributed by atoms with van der Waals surface area (Å²) in [6.07, 6.45) is 0. The average Bonchev–Trinajstić information content (AvgIpc) is 2.54. The molecule has 0 aromatic heterocycles. The molecule has 1 aromatic rings. The molecule has 0 bridgehead atoms. The zero-order valence-corrected chi connectivity index (χ0v) is 16.2. The molecule has 2 N–H and O–H groups in total. The molecule has 1 aliphatic heterocycles. The highest BCUT2D eigenvalue weighted by molar-refractivity contribution is 8.00. The first-order chi connectivity index (χ1) is 12.1. The third-order valence-corrected chi connectivity index (χ3v) is 4.98. The number of hydrogen-bond donors (Lipinski definition) is 2. The highest BCUT2D eigenvalue weighted by Crippen LogP contribution is 2.20. The van der Waals surface area contributed by atoms with E-state index in [4.69, 9.17) is 0 Å². The zero-order valence-electron chi connectivity index (χ0n) is 15.4. The second-order valence-corrected chi connectivity index (χ2v) is 8.52. The second-order valence-electron chi connectivity index (χ2n) is 7.47. The molecule has 2 amide bonds. The molecule has 2 rings (SSSR count). The minimum atomic E-state index is -0.909. The Balaban J connectivity index is 1.74. The van der Waals surface area contributed by atoms with E-state index in [-0.39, 0.29) is 23.1 Å². The molecule has 0 atom stereocenters. The molecule has 1 fully saturated rings. The van der Waals surface area contributed by atoms with Gasteiger partial charge in [0, 0.05) is 10.4 Å². The number of thioether (sulfide) groups is 1. The smallest absolute Gasteiger partial charge is 0.275 e. The van der Waals surface area contributed by atoms with Gasteiger partial charge >= 0.3 is 0 Å².